The zero-order chi connectivity index (χ0) is 23.3. The van der Waals surface area contributed by atoms with E-state index in [0.29, 0.717) is 11.4 Å². The Labute approximate surface area is 199 Å². The number of aromatic nitrogens is 2. The van der Waals surface area contributed by atoms with Crippen molar-refractivity contribution in [1.82, 2.24) is 14.7 Å². The first kappa shape index (κ1) is 22.1. The van der Waals surface area contributed by atoms with Crippen molar-refractivity contribution in [2.45, 2.75) is 6.54 Å². The highest BCUT2D eigenvalue weighted by atomic mass is 16.5. The highest BCUT2D eigenvalue weighted by Gasteiger charge is 2.17. The second-order valence-corrected chi connectivity index (χ2v) is 8.37. The van der Waals surface area contributed by atoms with Crippen LogP contribution in [0, 0.1) is 0 Å². The molecule has 0 atom stereocenters. The van der Waals surface area contributed by atoms with Gasteiger partial charge in [0.05, 0.1) is 13.2 Å². The van der Waals surface area contributed by atoms with Crippen LogP contribution in [0.4, 0.5) is 0 Å². The number of benzene rings is 3. The highest BCUT2D eigenvalue weighted by Crippen LogP contribution is 2.37. The van der Waals surface area contributed by atoms with Crippen molar-refractivity contribution in [3.05, 3.63) is 101 Å². The molecule has 1 aromatic heterocycles. The van der Waals surface area contributed by atoms with Gasteiger partial charge in [-0.05, 0) is 35.4 Å². The molecular formula is C28H27N3O3. The van der Waals surface area contributed by atoms with Crippen molar-refractivity contribution in [3.8, 4) is 33.9 Å². The maximum absolute atomic E-state index is 12.6. The van der Waals surface area contributed by atoms with E-state index in [1.807, 2.05) is 54.6 Å². The molecule has 172 valence electrons. The Morgan fingerprint density at radius 2 is 1.59 bits per heavy atom. The Morgan fingerprint density at radius 1 is 0.882 bits per heavy atom. The molecule has 1 aliphatic rings. The molecule has 0 amide bonds. The summed E-state index contributed by atoms with van der Waals surface area (Å²) in [4.78, 5) is 14.9. The van der Waals surface area contributed by atoms with Crippen molar-refractivity contribution in [2.75, 3.05) is 26.3 Å². The number of ether oxygens (including phenoxy) is 2. The molecule has 1 aliphatic heterocycles. The third-order valence-corrected chi connectivity index (χ3v) is 5.98. The lowest BCUT2D eigenvalue weighted by atomic mass is 9.98. The minimum Gasteiger partial charge on any atom is -0.457 e. The van der Waals surface area contributed by atoms with Crippen LogP contribution >= 0.6 is 0 Å². The lowest BCUT2D eigenvalue weighted by Crippen LogP contribution is -2.35. The summed E-state index contributed by atoms with van der Waals surface area (Å²) in [6, 6.07) is 27.5. The van der Waals surface area contributed by atoms with Gasteiger partial charge < -0.3 is 9.47 Å². The molecule has 6 nitrogen and oxygen atoms in total. The Morgan fingerprint density at radius 3 is 2.35 bits per heavy atom. The molecule has 0 aliphatic carbocycles. The summed E-state index contributed by atoms with van der Waals surface area (Å²) < 4.78 is 13.0. The molecule has 0 radical (unpaired) electrons. The molecule has 6 heteroatoms. The molecule has 0 unspecified atom stereocenters. The van der Waals surface area contributed by atoms with Crippen LogP contribution in [-0.2, 0) is 18.3 Å². The van der Waals surface area contributed by atoms with E-state index < -0.39 is 0 Å². The molecule has 34 heavy (non-hydrogen) atoms. The molecule has 0 saturated carbocycles. The first-order chi connectivity index (χ1) is 16.7. The monoisotopic (exact) mass is 453 g/mol. The Kier molecular flexibility index (Phi) is 6.51. The van der Waals surface area contributed by atoms with Crippen LogP contribution in [0.15, 0.2) is 89.7 Å². The number of rotatable bonds is 6. The summed E-state index contributed by atoms with van der Waals surface area (Å²) in [5, 5.41) is 4.64. The molecule has 0 spiro atoms. The smallest absolute Gasteiger partial charge is 0.267 e. The zero-order valence-electron chi connectivity index (χ0n) is 19.2. The predicted octanol–water partition coefficient (Wildman–Crippen LogP) is 4.74. The molecule has 1 fully saturated rings. The normalized spacial score (nSPS) is 14.1. The number of nitrogens with zero attached hydrogens (tertiary/aromatic N) is 3. The van der Waals surface area contributed by atoms with Gasteiger partial charge in [-0.25, -0.2) is 4.68 Å². The Balaban J connectivity index is 1.51. The Hall–Kier alpha value is -3.74. The lowest BCUT2D eigenvalue weighted by molar-refractivity contribution is 0.0342. The van der Waals surface area contributed by atoms with Gasteiger partial charge in [-0.2, -0.15) is 5.10 Å². The number of aryl methyl sites for hydroxylation is 1. The summed E-state index contributed by atoms with van der Waals surface area (Å²) in [5.41, 5.74) is 4.34. The molecule has 5 rings (SSSR count). The highest BCUT2D eigenvalue weighted by molar-refractivity contribution is 5.83. The van der Waals surface area contributed by atoms with Gasteiger partial charge in [-0.3, -0.25) is 9.69 Å². The van der Waals surface area contributed by atoms with Crippen LogP contribution < -0.4 is 10.3 Å². The minimum absolute atomic E-state index is 0.155. The van der Waals surface area contributed by atoms with Gasteiger partial charge in [-0.1, -0.05) is 54.6 Å². The summed E-state index contributed by atoms with van der Waals surface area (Å²) in [5.74, 6) is 1.43. The number of hydrogen-bond donors (Lipinski definition) is 0. The van der Waals surface area contributed by atoms with E-state index in [4.69, 9.17) is 9.47 Å². The summed E-state index contributed by atoms with van der Waals surface area (Å²) in [6.07, 6.45) is 0. The van der Waals surface area contributed by atoms with Crippen molar-refractivity contribution >= 4 is 0 Å². The molecule has 2 heterocycles. The molecule has 0 bridgehead atoms. The molecule has 0 N–H and O–H groups in total. The largest absolute Gasteiger partial charge is 0.457 e. The van der Waals surface area contributed by atoms with Gasteiger partial charge in [0.1, 0.15) is 17.2 Å². The van der Waals surface area contributed by atoms with Crippen LogP contribution in [0.1, 0.15) is 5.56 Å². The average molecular weight is 454 g/mol. The van der Waals surface area contributed by atoms with Gasteiger partial charge in [0.25, 0.3) is 5.56 Å². The van der Waals surface area contributed by atoms with Gasteiger partial charge >= 0.3 is 0 Å². The van der Waals surface area contributed by atoms with E-state index in [1.165, 1.54) is 10.2 Å². The molecule has 4 aromatic rings. The molecular weight excluding hydrogens is 426 g/mol. The van der Waals surface area contributed by atoms with Crippen molar-refractivity contribution < 1.29 is 9.47 Å². The van der Waals surface area contributed by atoms with E-state index in [1.54, 1.807) is 13.1 Å². The lowest BCUT2D eigenvalue weighted by Gasteiger charge is -2.26. The Bertz CT molecular complexity index is 1310. The van der Waals surface area contributed by atoms with Crippen LogP contribution in [-0.4, -0.2) is 41.0 Å². The SMILES string of the molecule is Cn1nc(-c2ccccc2Oc2ccccc2)c(-c2ccc(CN3CCOCC3)cc2)cc1=O. The maximum Gasteiger partial charge on any atom is 0.267 e. The van der Waals surface area contributed by atoms with E-state index in [0.717, 1.165) is 55.3 Å². The zero-order valence-corrected chi connectivity index (χ0v) is 19.2. The standard InChI is InChI=1S/C28H27N3O3/c1-30-27(32)19-25(22-13-11-21(12-14-22)20-31-15-17-33-18-16-31)28(29-30)24-9-5-6-10-26(24)34-23-7-3-2-4-8-23/h2-14,19H,15-18,20H2,1H3. The first-order valence-electron chi connectivity index (χ1n) is 11.5. The fourth-order valence-corrected chi connectivity index (χ4v) is 4.13. The van der Waals surface area contributed by atoms with Crippen molar-refractivity contribution in [2.24, 2.45) is 7.05 Å². The van der Waals surface area contributed by atoms with Crippen molar-refractivity contribution in [3.63, 3.8) is 0 Å². The first-order valence-corrected chi connectivity index (χ1v) is 11.5. The summed E-state index contributed by atoms with van der Waals surface area (Å²) >= 11 is 0. The third-order valence-electron chi connectivity index (χ3n) is 5.98. The number of morpholine rings is 1. The van der Waals surface area contributed by atoms with Crippen LogP contribution in [0.25, 0.3) is 22.4 Å². The van der Waals surface area contributed by atoms with E-state index in [2.05, 4.69) is 34.3 Å². The second kappa shape index (κ2) is 10.0. The quantitative estimate of drug-likeness (QED) is 0.422. The predicted molar refractivity (Wildman–Crippen MR) is 133 cm³/mol. The van der Waals surface area contributed by atoms with Gasteiger partial charge in [0.15, 0.2) is 0 Å². The van der Waals surface area contributed by atoms with E-state index in [-0.39, 0.29) is 5.56 Å². The molecule has 3 aromatic carbocycles. The van der Waals surface area contributed by atoms with Gasteiger partial charge in [-0.15, -0.1) is 0 Å². The van der Waals surface area contributed by atoms with E-state index >= 15 is 0 Å². The van der Waals surface area contributed by atoms with Crippen LogP contribution in [0.3, 0.4) is 0 Å². The fourth-order valence-electron chi connectivity index (χ4n) is 4.13. The van der Waals surface area contributed by atoms with Gasteiger partial charge in [0, 0.05) is 43.9 Å². The average Bonchev–Trinajstić information content (AvgIpc) is 2.88. The number of para-hydroxylation sites is 2. The van der Waals surface area contributed by atoms with Crippen LogP contribution in [0.2, 0.25) is 0 Å². The maximum atomic E-state index is 12.6. The minimum atomic E-state index is -0.155. The fraction of sp³-hybridized carbons (Fsp3) is 0.214. The molecule has 1 saturated heterocycles. The second-order valence-electron chi connectivity index (χ2n) is 8.37. The van der Waals surface area contributed by atoms with Crippen molar-refractivity contribution in [1.29, 1.82) is 0 Å². The van der Waals surface area contributed by atoms with Gasteiger partial charge in [0.2, 0.25) is 0 Å². The summed E-state index contributed by atoms with van der Waals surface area (Å²) in [6.45, 7) is 4.35. The van der Waals surface area contributed by atoms with E-state index in [9.17, 15) is 4.79 Å². The summed E-state index contributed by atoms with van der Waals surface area (Å²) in [7, 11) is 1.67. The topological polar surface area (TPSA) is 56.6 Å². The number of hydrogen-bond acceptors (Lipinski definition) is 5. The third kappa shape index (κ3) is 4.93. The van der Waals surface area contributed by atoms with Crippen LogP contribution in [0.5, 0.6) is 11.5 Å².